The molecule has 320 valence electrons. The summed E-state index contributed by atoms with van der Waals surface area (Å²) in [5.74, 6) is 1.03. The van der Waals surface area contributed by atoms with Crippen molar-refractivity contribution in [3.8, 4) is 67.3 Å². The predicted octanol–water partition coefficient (Wildman–Crippen LogP) is 16.6. The van der Waals surface area contributed by atoms with E-state index < -0.39 is 0 Å². The smallest absolute Gasteiger partial charge is 0.0973 e. The first-order valence-corrected chi connectivity index (χ1v) is 24.7. The lowest BCUT2D eigenvalue weighted by Gasteiger charge is -2.43. The molecule has 0 amide bonds. The molecule has 2 saturated carbocycles. The van der Waals surface area contributed by atoms with Gasteiger partial charge in [-0.3, -0.25) is 0 Å². The maximum Gasteiger partial charge on any atom is 0.0973 e. The molecule has 5 aliphatic carbocycles. The summed E-state index contributed by atoms with van der Waals surface area (Å²) in [6.07, 6.45) is 18.9. The molecule has 2 fully saturated rings. The van der Waals surface area contributed by atoms with Crippen LogP contribution in [-0.4, -0.2) is 9.97 Å². The number of fused-ring (bicyclic) bond motifs is 10. The van der Waals surface area contributed by atoms with E-state index in [2.05, 4.69) is 194 Å². The highest BCUT2D eigenvalue weighted by molar-refractivity contribution is 5.94. The molecule has 2 heteroatoms. The summed E-state index contributed by atoms with van der Waals surface area (Å²) in [4.78, 5) is 10.9. The van der Waals surface area contributed by atoms with E-state index in [0.717, 1.165) is 45.0 Å². The Bertz CT molecular complexity index is 3180. The number of nitrogens with zero attached hydrogens (tertiary/aromatic N) is 2. The van der Waals surface area contributed by atoms with Gasteiger partial charge in [-0.1, -0.05) is 221 Å². The molecule has 0 N–H and O–H groups in total. The Balaban J connectivity index is 0.879. The van der Waals surface area contributed by atoms with E-state index in [1.165, 1.54) is 92.0 Å². The first-order chi connectivity index (χ1) is 32.7. The lowest BCUT2D eigenvalue weighted by Crippen LogP contribution is -2.35. The van der Waals surface area contributed by atoms with Crippen LogP contribution in [0.1, 0.15) is 92.4 Å². The van der Waals surface area contributed by atoms with E-state index in [0.29, 0.717) is 11.8 Å². The van der Waals surface area contributed by atoms with Gasteiger partial charge in [-0.2, -0.15) is 0 Å². The van der Waals surface area contributed by atoms with E-state index in [4.69, 9.17) is 9.97 Å². The van der Waals surface area contributed by atoms with Gasteiger partial charge in [-0.15, -0.1) is 0 Å². The van der Waals surface area contributed by atoms with Crippen molar-refractivity contribution in [1.29, 1.82) is 0 Å². The van der Waals surface area contributed by atoms with Gasteiger partial charge in [-0.25, -0.2) is 9.97 Å². The number of hydrogen-bond acceptors (Lipinski definition) is 2. The summed E-state index contributed by atoms with van der Waals surface area (Å²) >= 11 is 0. The van der Waals surface area contributed by atoms with Crippen molar-refractivity contribution >= 4 is 5.57 Å². The van der Waals surface area contributed by atoms with Crippen LogP contribution in [0.5, 0.6) is 0 Å². The molecule has 2 nitrogen and oxygen atoms in total. The third kappa shape index (κ3) is 6.28. The lowest BCUT2D eigenvalue weighted by atomic mass is 9.61. The van der Waals surface area contributed by atoms with Gasteiger partial charge in [0.15, 0.2) is 0 Å². The highest BCUT2D eigenvalue weighted by atomic mass is 14.9. The fraction of sp³-hybridized carbons (Fsp3) is 0.219. The van der Waals surface area contributed by atoms with Crippen LogP contribution < -0.4 is 0 Å². The SMILES string of the molecule is C1=C2C(=CC3c4ccccc4C4(CCCCC4)C13)C1(CCCCC1)c1ccc(-c3cccc(-c4ccc(-c5nc(-c6ccccc6)c(-c6ccccc6)nc5-c5ccccc5)cc4)c3)cc12. The van der Waals surface area contributed by atoms with E-state index in [9.17, 15) is 0 Å². The van der Waals surface area contributed by atoms with E-state index in [1.807, 2.05) is 0 Å². The average Bonchev–Trinajstić information content (AvgIpc) is 3.80. The van der Waals surface area contributed by atoms with Gasteiger partial charge in [0.05, 0.1) is 22.8 Å². The summed E-state index contributed by atoms with van der Waals surface area (Å²) in [6.45, 7) is 0. The molecule has 0 saturated heterocycles. The van der Waals surface area contributed by atoms with Gasteiger partial charge in [-0.05, 0) is 99.4 Å². The standard InChI is InChI=1S/C64H54N2/c1-6-19-44(20-7-1)59-60(45-21-8-2-9-22-45)66-62(61(65-59)46-23-10-3-11-24-46)47-31-29-43(30-32-47)48-25-18-26-49(39-48)50-33-34-56-52(40-50)54-42-57-53(41-58(54)64(56)37-16-5-17-38-64)51-27-12-13-28-55(51)63(57)35-14-4-15-36-63/h1-3,6-13,18-34,39-42,53,57H,4-5,14-17,35-38H2. The normalized spacial score (nSPS) is 19.6. The second kappa shape index (κ2) is 15.9. The minimum atomic E-state index is 0.137. The van der Waals surface area contributed by atoms with Gasteiger partial charge in [0.1, 0.15) is 0 Å². The first kappa shape index (κ1) is 39.5. The molecule has 66 heavy (non-hydrogen) atoms. The average molecular weight is 851 g/mol. The summed E-state index contributed by atoms with van der Waals surface area (Å²) in [5.41, 5.74) is 22.6. The Kier molecular flexibility index (Phi) is 9.52. The molecule has 13 rings (SSSR count). The number of rotatable bonds is 6. The zero-order valence-corrected chi connectivity index (χ0v) is 37.6. The van der Waals surface area contributed by atoms with Gasteiger partial charge in [0, 0.05) is 39.0 Å². The summed E-state index contributed by atoms with van der Waals surface area (Å²) in [5, 5.41) is 0. The minimum Gasteiger partial charge on any atom is -0.243 e. The molecule has 0 radical (unpaired) electrons. The Hall–Kier alpha value is -6.90. The minimum absolute atomic E-state index is 0.137. The molecular weight excluding hydrogens is 797 g/mol. The van der Waals surface area contributed by atoms with Crippen LogP contribution in [0.25, 0.3) is 72.9 Å². The highest BCUT2D eigenvalue weighted by Crippen LogP contribution is 2.66. The maximum atomic E-state index is 5.49. The number of hydrogen-bond donors (Lipinski definition) is 0. The summed E-state index contributed by atoms with van der Waals surface area (Å²) in [7, 11) is 0. The van der Waals surface area contributed by atoms with Crippen molar-refractivity contribution in [2.45, 2.75) is 81.0 Å². The summed E-state index contributed by atoms with van der Waals surface area (Å²) < 4.78 is 0. The Morgan fingerprint density at radius 3 is 1.44 bits per heavy atom. The predicted molar refractivity (Wildman–Crippen MR) is 273 cm³/mol. The molecule has 0 aliphatic heterocycles. The van der Waals surface area contributed by atoms with Crippen molar-refractivity contribution in [2.75, 3.05) is 0 Å². The van der Waals surface area contributed by atoms with E-state index in [-0.39, 0.29) is 10.8 Å². The molecule has 1 aromatic heterocycles. The van der Waals surface area contributed by atoms with E-state index in [1.54, 1.807) is 27.8 Å². The number of aromatic nitrogens is 2. The van der Waals surface area contributed by atoms with Crippen molar-refractivity contribution in [1.82, 2.24) is 9.97 Å². The zero-order chi connectivity index (χ0) is 43.7. The van der Waals surface area contributed by atoms with Gasteiger partial charge < -0.3 is 0 Å². The molecule has 2 spiro atoms. The van der Waals surface area contributed by atoms with Crippen molar-refractivity contribution in [3.05, 3.63) is 222 Å². The molecule has 2 atom stereocenters. The van der Waals surface area contributed by atoms with Crippen LogP contribution in [0.3, 0.4) is 0 Å². The Morgan fingerprint density at radius 2 is 0.833 bits per heavy atom. The van der Waals surface area contributed by atoms with Crippen LogP contribution in [0.4, 0.5) is 0 Å². The second-order valence-corrected chi connectivity index (χ2v) is 19.8. The van der Waals surface area contributed by atoms with Gasteiger partial charge in [0.25, 0.3) is 0 Å². The fourth-order valence-electron chi connectivity index (χ4n) is 13.3. The second-order valence-electron chi connectivity index (χ2n) is 19.8. The number of benzene rings is 7. The van der Waals surface area contributed by atoms with Crippen LogP contribution in [-0.2, 0) is 10.8 Å². The zero-order valence-electron chi connectivity index (χ0n) is 37.6. The van der Waals surface area contributed by atoms with E-state index >= 15 is 0 Å². The quantitative estimate of drug-likeness (QED) is 0.167. The molecule has 1 heterocycles. The summed E-state index contributed by atoms with van der Waals surface area (Å²) in [6, 6.07) is 66.7. The Morgan fingerprint density at radius 1 is 0.364 bits per heavy atom. The lowest BCUT2D eigenvalue weighted by molar-refractivity contribution is 0.232. The van der Waals surface area contributed by atoms with Crippen molar-refractivity contribution < 1.29 is 0 Å². The molecule has 5 aliphatic rings. The largest absolute Gasteiger partial charge is 0.243 e. The van der Waals surface area contributed by atoms with Crippen molar-refractivity contribution in [3.63, 3.8) is 0 Å². The molecular formula is C64H54N2. The van der Waals surface area contributed by atoms with Crippen LogP contribution in [0.2, 0.25) is 0 Å². The van der Waals surface area contributed by atoms with Crippen LogP contribution in [0, 0.1) is 5.92 Å². The monoisotopic (exact) mass is 850 g/mol. The highest BCUT2D eigenvalue weighted by Gasteiger charge is 2.55. The molecule has 8 aromatic rings. The Labute approximate surface area is 389 Å². The fourth-order valence-corrected chi connectivity index (χ4v) is 13.3. The van der Waals surface area contributed by atoms with Crippen LogP contribution in [0.15, 0.2) is 200 Å². The third-order valence-electron chi connectivity index (χ3n) is 16.4. The molecule has 7 aromatic carbocycles. The first-order valence-electron chi connectivity index (χ1n) is 24.7. The van der Waals surface area contributed by atoms with Crippen molar-refractivity contribution in [2.24, 2.45) is 5.92 Å². The maximum absolute atomic E-state index is 5.49. The van der Waals surface area contributed by atoms with Gasteiger partial charge >= 0.3 is 0 Å². The molecule has 2 unspecified atom stereocenters. The molecule has 0 bridgehead atoms. The third-order valence-corrected chi connectivity index (χ3v) is 16.4. The topological polar surface area (TPSA) is 25.8 Å². The van der Waals surface area contributed by atoms with Gasteiger partial charge in [0.2, 0.25) is 0 Å². The van der Waals surface area contributed by atoms with Crippen LogP contribution >= 0.6 is 0 Å². The number of allylic oxidation sites excluding steroid dienone is 4.